The minimum Gasteiger partial charge on any atom is -0.295 e. The summed E-state index contributed by atoms with van der Waals surface area (Å²) in [6, 6.07) is 5.79. The van der Waals surface area contributed by atoms with Gasteiger partial charge in [0.25, 0.3) is 0 Å². The molecule has 5 nitrogen and oxygen atoms in total. The van der Waals surface area contributed by atoms with Crippen LogP contribution >= 0.6 is 0 Å². The van der Waals surface area contributed by atoms with Gasteiger partial charge in [-0.1, -0.05) is 12.1 Å². The summed E-state index contributed by atoms with van der Waals surface area (Å²) < 4.78 is 3.25. The van der Waals surface area contributed by atoms with Crippen LogP contribution in [0.3, 0.4) is 0 Å². The van der Waals surface area contributed by atoms with Gasteiger partial charge in [0.2, 0.25) is 6.08 Å². The fraction of sp³-hybridized carbons (Fsp3) is 0.429. The van der Waals surface area contributed by atoms with E-state index in [-0.39, 0.29) is 5.69 Å². The average molecular weight is 257 g/mol. The third-order valence-electron chi connectivity index (χ3n) is 4.23. The van der Waals surface area contributed by atoms with Gasteiger partial charge in [-0.2, -0.15) is 4.99 Å². The first-order chi connectivity index (χ1) is 9.10. The number of fused-ring (bicyclic) bond motifs is 1. The van der Waals surface area contributed by atoms with E-state index in [4.69, 9.17) is 0 Å². The predicted molar refractivity (Wildman–Crippen MR) is 71.8 cm³/mol. The van der Waals surface area contributed by atoms with E-state index in [1.54, 1.807) is 29.3 Å². The third kappa shape index (κ3) is 1.45. The molecule has 98 valence electrons. The molecular weight excluding hydrogens is 242 g/mol. The Morgan fingerprint density at radius 2 is 2.00 bits per heavy atom. The Kier molecular flexibility index (Phi) is 2.47. The van der Waals surface area contributed by atoms with Gasteiger partial charge in [-0.25, -0.2) is 9.59 Å². The first kappa shape index (κ1) is 11.9. The number of hydrogen-bond acceptors (Lipinski definition) is 3. The number of isocyanates is 1. The Balaban J connectivity index is 2.40. The van der Waals surface area contributed by atoms with Gasteiger partial charge in [0.05, 0.1) is 11.0 Å². The Morgan fingerprint density at radius 3 is 2.58 bits per heavy atom. The van der Waals surface area contributed by atoms with Gasteiger partial charge in [-0.05, 0) is 25.3 Å². The van der Waals surface area contributed by atoms with Gasteiger partial charge in [0, 0.05) is 19.7 Å². The third-order valence-corrected chi connectivity index (χ3v) is 4.23. The molecule has 0 amide bonds. The smallest absolute Gasteiger partial charge is 0.295 e. The van der Waals surface area contributed by atoms with Gasteiger partial charge < -0.3 is 0 Å². The second-order valence-corrected chi connectivity index (χ2v) is 5.16. The highest BCUT2D eigenvalue weighted by Crippen LogP contribution is 2.46. The normalized spacial score (nSPS) is 16.9. The minimum absolute atomic E-state index is 0.0630. The summed E-state index contributed by atoms with van der Waals surface area (Å²) in [6.45, 7) is 0. The molecule has 5 heteroatoms. The van der Waals surface area contributed by atoms with E-state index in [0.717, 1.165) is 35.9 Å². The zero-order valence-electron chi connectivity index (χ0n) is 11.0. The molecule has 0 N–H and O–H groups in total. The van der Waals surface area contributed by atoms with Crippen molar-refractivity contribution in [2.24, 2.45) is 19.1 Å². The van der Waals surface area contributed by atoms with E-state index < -0.39 is 5.54 Å². The van der Waals surface area contributed by atoms with Gasteiger partial charge >= 0.3 is 5.69 Å². The largest absolute Gasteiger partial charge is 0.328 e. The molecular formula is C14H15N3O2. The van der Waals surface area contributed by atoms with Gasteiger partial charge in [-0.3, -0.25) is 9.13 Å². The van der Waals surface area contributed by atoms with E-state index in [1.165, 1.54) is 0 Å². The molecule has 1 aliphatic rings. The predicted octanol–water partition coefficient (Wildman–Crippen LogP) is 1.59. The van der Waals surface area contributed by atoms with Crippen molar-refractivity contribution < 1.29 is 4.79 Å². The summed E-state index contributed by atoms with van der Waals surface area (Å²) in [7, 11) is 3.51. The van der Waals surface area contributed by atoms with Gasteiger partial charge in [0.15, 0.2) is 0 Å². The van der Waals surface area contributed by atoms with Crippen LogP contribution in [0.15, 0.2) is 28.0 Å². The van der Waals surface area contributed by atoms with Crippen LogP contribution in [0.25, 0.3) is 11.0 Å². The second-order valence-electron chi connectivity index (χ2n) is 5.16. The molecule has 0 atom stereocenters. The van der Waals surface area contributed by atoms with Crippen LogP contribution in [0.2, 0.25) is 0 Å². The molecule has 0 bridgehead atoms. The quantitative estimate of drug-likeness (QED) is 0.606. The van der Waals surface area contributed by atoms with Crippen molar-refractivity contribution in [3.8, 4) is 0 Å². The number of nitrogens with zero attached hydrogens (tertiary/aromatic N) is 3. The summed E-state index contributed by atoms with van der Waals surface area (Å²) in [5, 5.41) is 0. The summed E-state index contributed by atoms with van der Waals surface area (Å²) in [4.78, 5) is 26.8. The van der Waals surface area contributed by atoms with Crippen molar-refractivity contribution in [1.29, 1.82) is 0 Å². The summed E-state index contributed by atoms with van der Waals surface area (Å²) in [5.41, 5.74) is 2.16. The van der Waals surface area contributed by atoms with Crippen molar-refractivity contribution in [2.75, 3.05) is 0 Å². The molecule has 2 aromatic rings. The van der Waals surface area contributed by atoms with Crippen molar-refractivity contribution in [3.05, 3.63) is 34.2 Å². The number of rotatable bonds is 2. The van der Waals surface area contributed by atoms with Crippen LogP contribution in [-0.4, -0.2) is 15.2 Å². The summed E-state index contributed by atoms with van der Waals surface area (Å²) in [6.07, 6.45) is 4.41. The molecule has 1 aromatic carbocycles. The first-order valence-electron chi connectivity index (χ1n) is 6.35. The highest BCUT2D eigenvalue weighted by atomic mass is 16.1. The van der Waals surface area contributed by atoms with Gasteiger partial charge in [-0.15, -0.1) is 0 Å². The number of carbonyl (C=O) groups excluding carboxylic acids is 1. The SMILES string of the molecule is Cn1c(=O)n(C)c2c(C3(N=C=O)CCC3)cccc21. The van der Waals surface area contributed by atoms with Crippen LogP contribution in [0.5, 0.6) is 0 Å². The van der Waals surface area contributed by atoms with Crippen LogP contribution in [-0.2, 0) is 24.4 Å². The molecule has 1 aromatic heterocycles. The second kappa shape index (κ2) is 3.93. The van der Waals surface area contributed by atoms with Crippen molar-refractivity contribution >= 4 is 17.1 Å². The maximum Gasteiger partial charge on any atom is 0.328 e. The molecule has 1 fully saturated rings. The minimum atomic E-state index is -0.479. The monoisotopic (exact) mass is 257 g/mol. The Labute approximate surface area is 110 Å². The van der Waals surface area contributed by atoms with Crippen LogP contribution in [0.4, 0.5) is 0 Å². The van der Waals surface area contributed by atoms with E-state index >= 15 is 0 Å². The lowest BCUT2D eigenvalue weighted by Gasteiger charge is -2.37. The fourth-order valence-corrected chi connectivity index (χ4v) is 2.99. The Hall–Kier alpha value is -2.13. The number of imidazole rings is 1. The first-order valence-corrected chi connectivity index (χ1v) is 6.35. The summed E-state index contributed by atoms with van der Waals surface area (Å²) >= 11 is 0. The Morgan fingerprint density at radius 1 is 1.26 bits per heavy atom. The molecule has 19 heavy (non-hydrogen) atoms. The number of hydrogen-bond donors (Lipinski definition) is 0. The molecule has 0 saturated heterocycles. The fourth-order valence-electron chi connectivity index (χ4n) is 2.99. The number of benzene rings is 1. The topological polar surface area (TPSA) is 56.4 Å². The number of para-hydroxylation sites is 1. The number of aliphatic imine (C=N–C) groups is 1. The van der Waals surface area contributed by atoms with Crippen LogP contribution < -0.4 is 5.69 Å². The van der Waals surface area contributed by atoms with E-state index in [1.807, 2.05) is 18.2 Å². The van der Waals surface area contributed by atoms with Gasteiger partial charge in [0.1, 0.15) is 5.54 Å². The number of aromatic nitrogens is 2. The molecule has 0 unspecified atom stereocenters. The highest BCUT2D eigenvalue weighted by Gasteiger charge is 2.40. The molecule has 0 radical (unpaired) electrons. The molecule has 1 heterocycles. The molecule has 1 aliphatic carbocycles. The van der Waals surface area contributed by atoms with Crippen molar-refractivity contribution in [2.45, 2.75) is 24.8 Å². The maximum atomic E-state index is 12.0. The van der Waals surface area contributed by atoms with Crippen LogP contribution in [0, 0.1) is 0 Å². The standard InChI is InChI=1S/C14H15N3O2/c1-16-11-6-3-5-10(12(11)17(2)13(16)19)14(15-9-18)7-4-8-14/h3,5-6H,4,7-8H2,1-2H3. The van der Waals surface area contributed by atoms with E-state index in [0.29, 0.717) is 0 Å². The number of aryl methyl sites for hydroxylation is 2. The van der Waals surface area contributed by atoms with E-state index in [2.05, 4.69) is 4.99 Å². The van der Waals surface area contributed by atoms with Crippen molar-refractivity contribution in [3.63, 3.8) is 0 Å². The highest BCUT2D eigenvalue weighted by molar-refractivity contribution is 5.81. The molecule has 1 saturated carbocycles. The maximum absolute atomic E-state index is 12.0. The molecule has 0 aliphatic heterocycles. The average Bonchev–Trinajstić information content (AvgIpc) is 2.59. The lowest BCUT2D eigenvalue weighted by molar-refractivity contribution is 0.257. The molecule has 0 spiro atoms. The summed E-state index contributed by atoms with van der Waals surface area (Å²) in [5.74, 6) is 0. The molecule has 3 rings (SSSR count). The lowest BCUT2D eigenvalue weighted by atomic mass is 9.72. The lowest BCUT2D eigenvalue weighted by Crippen LogP contribution is -2.32. The van der Waals surface area contributed by atoms with Crippen LogP contribution in [0.1, 0.15) is 24.8 Å². The zero-order valence-corrected chi connectivity index (χ0v) is 11.0. The van der Waals surface area contributed by atoms with E-state index in [9.17, 15) is 9.59 Å². The zero-order chi connectivity index (χ0) is 13.6. The van der Waals surface area contributed by atoms with Crippen molar-refractivity contribution in [1.82, 2.24) is 9.13 Å². The Bertz CT molecular complexity index is 759.